The molecule has 0 atom stereocenters. The molecule has 2 rings (SSSR count). The second-order valence-electron chi connectivity index (χ2n) is 4.46. The molecule has 0 radical (unpaired) electrons. The highest BCUT2D eigenvalue weighted by molar-refractivity contribution is 5.28. The SMILES string of the molecule is Cc1ccc(CCNc2nc(C)cc(C)n2)cn1. The van der Waals surface area contributed by atoms with Gasteiger partial charge in [0, 0.05) is 29.8 Å². The molecule has 4 nitrogen and oxygen atoms in total. The van der Waals surface area contributed by atoms with Crippen molar-refractivity contribution in [3.8, 4) is 0 Å². The third-order valence-electron chi connectivity index (χ3n) is 2.65. The Bertz CT molecular complexity index is 500. The highest BCUT2D eigenvalue weighted by atomic mass is 15.1. The summed E-state index contributed by atoms with van der Waals surface area (Å²) < 4.78 is 0. The van der Waals surface area contributed by atoms with E-state index in [1.165, 1.54) is 5.56 Å². The standard InChI is InChI=1S/C14H18N4/c1-10-4-5-13(9-16-10)6-7-15-14-17-11(2)8-12(3)18-14/h4-5,8-9H,6-7H2,1-3H3,(H,15,17,18). The summed E-state index contributed by atoms with van der Waals surface area (Å²) in [7, 11) is 0. The molecule has 2 aromatic rings. The summed E-state index contributed by atoms with van der Waals surface area (Å²) in [6.07, 6.45) is 2.84. The van der Waals surface area contributed by atoms with Gasteiger partial charge in [0.2, 0.25) is 5.95 Å². The maximum Gasteiger partial charge on any atom is 0.223 e. The van der Waals surface area contributed by atoms with E-state index in [-0.39, 0.29) is 0 Å². The molecule has 94 valence electrons. The van der Waals surface area contributed by atoms with E-state index in [2.05, 4.69) is 26.3 Å². The molecule has 0 aliphatic heterocycles. The summed E-state index contributed by atoms with van der Waals surface area (Å²) in [4.78, 5) is 13.0. The number of anilines is 1. The van der Waals surface area contributed by atoms with Crippen LogP contribution in [0.3, 0.4) is 0 Å². The average molecular weight is 242 g/mol. The van der Waals surface area contributed by atoms with Crippen molar-refractivity contribution in [2.45, 2.75) is 27.2 Å². The van der Waals surface area contributed by atoms with Crippen LogP contribution >= 0.6 is 0 Å². The minimum atomic E-state index is 0.701. The van der Waals surface area contributed by atoms with E-state index < -0.39 is 0 Å². The third-order valence-corrected chi connectivity index (χ3v) is 2.65. The monoisotopic (exact) mass is 242 g/mol. The van der Waals surface area contributed by atoms with Crippen molar-refractivity contribution in [1.82, 2.24) is 15.0 Å². The van der Waals surface area contributed by atoms with Crippen molar-refractivity contribution >= 4 is 5.95 Å². The van der Waals surface area contributed by atoms with Gasteiger partial charge in [-0.25, -0.2) is 9.97 Å². The van der Waals surface area contributed by atoms with E-state index >= 15 is 0 Å². The Morgan fingerprint density at radius 1 is 1.00 bits per heavy atom. The van der Waals surface area contributed by atoms with Crippen LogP contribution in [-0.4, -0.2) is 21.5 Å². The smallest absolute Gasteiger partial charge is 0.223 e. The van der Waals surface area contributed by atoms with Crippen molar-refractivity contribution in [3.63, 3.8) is 0 Å². The lowest BCUT2D eigenvalue weighted by Crippen LogP contribution is -2.09. The Labute approximate surface area is 108 Å². The molecule has 2 aromatic heterocycles. The predicted octanol–water partition coefficient (Wildman–Crippen LogP) is 2.45. The summed E-state index contributed by atoms with van der Waals surface area (Å²) in [5.74, 6) is 0.701. The molecule has 0 unspecified atom stereocenters. The quantitative estimate of drug-likeness (QED) is 0.894. The first-order valence-corrected chi connectivity index (χ1v) is 6.11. The first kappa shape index (κ1) is 12.5. The van der Waals surface area contributed by atoms with Gasteiger partial charge in [-0.3, -0.25) is 4.98 Å². The normalized spacial score (nSPS) is 10.4. The van der Waals surface area contributed by atoms with E-state index in [0.29, 0.717) is 5.95 Å². The number of nitrogens with zero attached hydrogens (tertiary/aromatic N) is 3. The number of aromatic nitrogens is 3. The van der Waals surface area contributed by atoms with Gasteiger partial charge in [-0.1, -0.05) is 6.07 Å². The van der Waals surface area contributed by atoms with Crippen LogP contribution in [0.4, 0.5) is 5.95 Å². The van der Waals surface area contributed by atoms with Gasteiger partial charge >= 0.3 is 0 Å². The topological polar surface area (TPSA) is 50.7 Å². The fourth-order valence-corrected chi connectivity index (χ4v) is 1.77. The van der Waals surface area contributed by atoms with Gasteiger partial charge < -0.3 is 5.32 Å². The number of pyridine rings is 1. The molecule has 1 N–H and O–H groups in total. The predicted molar refractivity (Wildman–Crippen MR) is 72.7 cm³/mol. The van der Waals surface area contributed by atoms with Gasteiger partial charge in [-0.05, 0) is 44.9 Å². The van der Waals surface area contributed by atoms with Gasteiger partial charge in [-0.15, -0.1) is 0 Å². The Hall–Kier alpha value is -1.97. The van der Waals surface area contributed by atoms with Crippen LogP contribution in [0.1, 0.15) is 22.6 Å². The zero-order chi connectivity index (χ0) is 13.0. The molecule has 18 heavy (non-hydrogen) atoms. The third kappa shape index (κ3) is 3.52. The molecule has 0 aromatic carbocycles. The van der Waals surface area contributed by atoms with Crippen LogP contribution in [0, 0.1) is 20.8 Å². The van der Waals surface area contributed by atoms with Crippen LogP contribution < -0.4 is 5.32 Å². The number of rotatable bonds is 4. The molecule has 0 aliphatic rings. The van der Waals surface area contributed by atoms with Crippen LogP contribution in [-0.2, 0) is 6.42 Å². The second-order valence-corrected chi connectivity index (χ2v) is 4.46. The van der Waals surface area contributed by atoms with Crippen LogP contribution in [0.25, 0.3) is 0 Å². The molecular weight excluding hydrogens is 224 g/mol. The number of hydrogen-bond acceptors (Lipinski definition) is 4. The van der Waals surface area contributed by atoms with E-state index in [4.69, 9.17) is 0 Å². The van der Waals surface area contributed by atoms with Crippen molar-refractivity contribution in [1.29, 1.82) is 0 Å². The molecule has 0 saturated heterocycles. The molecule has 0 saturated carbocycles. The highest BCUT2D eigenvalue weighted by Gasteiger charge is 1.99. The minimum Gasteiger partial charge on any atom is -0.354 e. The van der Waals surface area contributed by atoms with Gasteiger partial charge in [0.1, 0.15) is 0 Å². The molecule has 0 aliphatic carbocycles. The lowest BCUT2D eigenvalue weighted by molar-refractivity contribution is 0.953. The van der Waals surface area contributed by atoms with E-state index in [1.54, 1.807) is 0 Å². The van der Waals surface area contributed by atoms with Gasteiger partial charge in [0.25, 0.3) is 0 Å². The van der Waals surface area contributed by atoms with Crippen LogP contribution in [0.2, 0.25) is 0 Å². The van der Waals surface area contributed by atoms with Gasteiger partial charge in [-0.2, -0.15) is 0 Å². The molecule has 4 heteroatoms. The van der Waals surface area contributed by atoms with Crippen molar-refractivity contribution < 1.29 is 0 Å². The Morgan fingerprint density at radius 2 is 1.72 bits per heavy atom. The average Bonchev–Trinajstić information content (AvgIpc) is 2.30. The first-order valence-electron chi connectivity index (χ1n) is 6.11. The Balaban J connectivity index is 1.90. The fraction of sp³-hybridized carbons (Fsp3) is 0.357. The zero-order valence-electron chi connectivity index (χ0n) is 11.1. The van der Waals surface area contributed by atoms with Crippen molar-refractivity contribution in [2.75, 3.05) is 11.9 Å². The van der Waals surface area contributed by atoms with Crippen molar-refractivity contribution in [3.05, 3.63) is 47.0 Å². The molecule has 0 bridgehead atoms. The lowest BCUT2D eigenvalue weighted by Gasteiger charge is -2.06. The zero-order valence-corrected chi connectivity index (χ0v) is 11.1. The van der Waals surface area contributed by atoms with Gasteiger partial charge in [0.05, 0.1) is 0 Å². The van der Waals surface area contributed by atoms with Crippen LogP contribution in [0.5, 0.6) is 0 Å². The number of nitrogens with one attached hydrogen (secondary N) is 1. The minimum absolute atomic E-state index is 0.701. The number of hydrogen-bond donors (Lipinski definition) is 1. The molecule has 0 spiro atoms. The maximum atomic E-state index is 4.34. The van der Waals surface area contributed by atoms with E-state index in [1.807, 2.05) is 39.1 Å². The number of aryl methyl sites for hydroxylation is 3. The summed E-state index contributed by atoms with van der Waals surface area (Å²) in [5, 5.41) is 3.24. The van der Waals surface area contributed by atoms with Crippen LogP contribution in [0.15, 0.2) is 24.4 Å². The van der Waals surface area contributed by atoms with Gasteiger partial charge in [0.15, 0.2) is 0 Å². The largest absolute Gasteiger partial charge is 0.354 e. The maximum absolute atomic E-state index is 4.34. The fourth-order valence-electron chi connectivity index (χ4n) is 1.77. The Kier molecular flexibility index (Phi) is 3.87. The second kappa shape index (κ2) is 5.58. The molecular formula is C14H18N4. The molecule has 2 heterocycles. The highest BCUT2D eigenvalue weighted by Crippen LogP contribution is 2.05. The Morgan fingerprint density at radius 3 is 2.33 bits per heavy atom. The summed E-state index contributed by atoms with van der Waals surface area (Å²) in [6, 6.07) is 6.10. The first-order chi connectivity index (χ1) is 8.63. The molecule has 0 fully saturated rings. The summed E-state index contributed by atoms with van der Waals surface area (Å²) in [5.41, 5.74) is 4.24. The van der Waals surface area contributed by atoms with E-state index in [0.717, 1.165) is 30.0 Å². The van der Waals surface area contributed by atoms with E-state index in [9.17, 15) is 0 Å². The molecule has 0 amide bonds. The summed E-state index contributed by atoms with van der Waals surface area (Å²) >= 11 is 0. The van der Waals surface area contributed by atoms with Crippen molar-refractivity contribution in [2.24, 2.45) is 0 Å². The lowest BCUT2D eigenvalue weighted by atomic mass is 10.2. The summed E-state index contributed by atoms with van der Waals surface area (Å²) in [6.45, 7) is 6.76.